The summed E-state index contributed by atoms with van der Waals surface area (Å²) in [4.78, 5) is 24.6. The Bertz CT molecular complexity index is 576. The molecule has 0 saturated heterocycles. The van der Waals surface area contributed by atoms with Gasteiger partial charge in [-0.2, -0.15) is 0 Å². The van der Waals surface area contributed by atoms with Crippen molar-refractivity contribution in [2.75, 3.05) is 32.1 Å². The first-order valence-corrected chi connectivity index (χ1v) is 7.60. The highest BCUT2D eigenvalue weighted by Crippen LogP contribution is 2.32. The summed E-state index contributed by atoms with van der Waals surface area (Å²) in [6, 6.07) is 4.83. The molecular formula is C16H22N2O5. The van der Waals surface area contributed by atoms with Crippen LogP contribution < -0.4 is 14.8 Å². The van der Waals surface area contributed by atoms with Gasteiger partial charge in [0.05, 0.1) is 25.7 Å². The average Bonchev–Trinajstić information content (AvgIpc) is 2.76. The predicted octanol–water partition coefficient (Wildman–Crippen LogP) is 1.58. The summed E-state index contributed by atoms with van der Waals surface area (Å²) in [5.41, 5.74) is 0.623. The number of carbonyl (C=O) groups excluding carboxylic acids is 1. The maximum atomic E-state index is 12.3. The van der Waals surface area contributed by atoms with Crippen LogP contribution in [0, 0.1) is 0 Å². The van der Waals surface area contributed by atoms with Crippen LogP contribution in [0.3, 0.4) is 0 Å². The molecule has 2 N–H and O–H groups in total. The summed E-state index contributed by atoms with van der Waals surface area (Å²) < 4.78 is 11.1. The van der Waals surface area contributed by atoms with Gasteiger partial charge in [-0.1, -0.05) is 0 Å². The number of nitrogens with zero attached hydrogens (tertiary/aromatic N) is 1. The fraction of sp³-hybridized carbons (Fsp3) is 0.500. The number of nitrogens with one attached hydrogen (secondary N) is 1. The van der Waals surface area contributed by atoms with Crippen molar-refractivity contribution in [3.63, 3.8) is 0 Å². The van der Waals surface area contributed by atoms with E-state index in [1.54, 1.807) is 37.1 Å². The number of hydrogen-bond acceptors (Lipinski definition) is 5. The number of amides is 1. The van der Waals surface area contributed by atoms with Crippen molar-refractivity contribution in [2.45, 2.75) is 25.8 Å². The van der Waals surface area contributed by atoms with Gasteiger partial charge >= 0.3 is 5.97 Å². The Morgan fingerprint density at radius 2 is 2.00 bits per heavy atom. The van der Waals surface area contributed by atoms with Crippen LogP contribution in [0.1, 0.15) is 19.8 Å². The van der Waals surface area contributed by atoms with Crippen LogP contribution in [-0.2, 0) is 9.59 Å². The first-order chi connectivity index (χ1) is 11.0. The van der Waals surface area contributed by atoms with Crippen LogP contribution >= 0.6 is 0 Å². The SMILES string of the molecule is CC(C(=O)Nc1ccc2c(c1)OCCCO2)N(C)CCC(=O)O. The van der Waals surface area contributed by atoms with Crippen molar-refractivity contribution >= 4 is 17.6 Å². The number of carboxylic acid groups (broad SMARTS) is 1. The third-order valence-electron chi connectivity index (χ3n) is 3.73. The number of ether oxygens (including phenoxy) is 2. The van der Waals surface area contributed by atoms with Crippen molar-refractivity contribution in [3.05, 3.63) is 18.2 Å². The lowest BCUT2D eigenvalue weighted by Gasteiger charge is -2.23. The van der Waals surface area contributed by atoms with Crippen LogP contribution in [0.5, 0.6) is 11.5 Å². The van der Waals surface area contributed by atoms with Crippen molar-refractivity contribution in [1.82, 2.24) is 4.90 Å². The molecule has 1 amide bonds. The summed E-state index contributed by atoms with van der Waals surface area (Å²) in [5.74, 6) is 0.207. The number of hydrogen-bond donors (Lipinski definition) is 2. The van der Waals surface area contributed by atoms with E-state index >= 15 is 0 Å². The third-order valence-corrected chi connectivity index (χ3v) is 3.73. The van der Waals surface area contributed by atoms with Crippen molar-refractivity contribution < 1.29 is 24.2 Å². The summed E-state index contributed by atoms with van der Waals surface area (Å²) >= 11 is 0. The highest BCUT2D eigenvalue weighted by atomic mass is 16.5. The number of benzene rings is 1. The summed E-state index contributed by atoms with van der Waals surface area (Å²) in [6.45, 7) is 3.24. The molecule has 1 aliphatic heterocycles. The topological polar surface area (TPSA) is 88.1 Å². The number of carbonyl (C=O) groups is 2. The zero-order chi connectivity index (χ0) is 16.8. The molecule has 0 radical (unpaired) electrons. The number of rotatable bonds is 6. The van der Waals surface area contributed by atoms with E-state index in [4.69, 9.17) is 14.6 Å². The molecule has 0 aliphatic carbocycles. The minimum Gasteiger partial charge on any atom is -0.490 e. The molecule has 0 saturated carbocycles. The Kier molecular flexibility index (Phi) is 5.81. The highest BCUT2D eigenvalue weighted by molar-refractivity contribution is 5.94. The van der Waals surface area contributed by atoms with Gasteiger partial charge in [-0.25, -0.2) is 0 Å². The van der Waals surface area contributed by atoms with Gasteiger partial charge in [0, 0.05) is 24.7 Å². The maximum absolute atomic E-state index is 12.3. The van der Waals surface area contributed by atoms with E-state index in [0.717, 1.165) is 6.42 Å². The Morgan fingerprint density at radius 1 is 1.30 bits per heavy atom. The van der Waals surface area contributed by atoms with Gasteiger partial charge in [-0.3, -0.25) is 14.5 Å². The molecule has 1 aromatic rings. The molecule has 126 valence electrons. The fourth-order valence-corrected chi connectivity index (χ4v) is 2.15. The summed E-state index contributed by atoms with van der Waals surface area (Å²) in [5, 5.41) is 11.5. The van der Waals surface area contributed by atoms with Crippen molar-refractivity contribution in [1.29, 1.82) is 0 Å². The molecule has 0 aromatic heterocycles. The molecule has 23 heavy (non-hydrogen) atoms. The van der Waals surface area contributed by atoms with Gasteiger partial charge in [0.1, 0.15) is 0 Å². The maximum Gasteiger partial charge on any atom is 0.304 e. The molecule has 2 rings (SSSR count). The zero-order valence-electron chi connectivity index (χ0n) is 13.4. The van der Waals surface area contributed by atoms with E-state index < -0.39 is 12.0 Å². The molecule has 0 bridgehead atoms. The van der Waals surface area contributed by atoms with Crippen LogP contribution in [-0.4, -0.2) is 54.7 Å². The number of carboxylic acids is 1. The van der Waals surface area contributed by atoms with E-state index in [0.29, 0.717) is 36.9 Å². The first-order valence-electron chi connectivity index (χ1n) is 7.60. The quantitative estimate of drug-likeness (QED) is 0.827. The second-order valence-corrected chi connectivity index (χ2v) is 5.50. The second-order valence-electron chi connectivity index (χ2n) is 5.50. The Balaban J connectivity index is 1.96. The molecule has 1 unspecified atom stereocenters. The van der Waals surface area contributed by atoms with E-state index in [1.807, 2.05) is 0 Å². The molecule has 1 heterocycles. The summed E-state index contributed by atoms with van der Waals surface area (Å²) in [7, 11) is 1.72. The standard InChI is InChI=1S/C16H22N2O5/c1-11(18(2)7-6-15(19)20)16(21)17-12-4-5-13-14(10-12)23-9-3-8-22-13/h4-5,10-11H,3,6-9H2,1-2H3,(H,17,21)(H,19,20). The molecule has 1 atom stereocenters. The second kappa shape index (κ2) is 7.82. The first kappa shape index (κ1) is 17.1. The van der Waals surface area contributed by atoms with Gasteiger partial charge in [-0.05, 0) is 26.1 Å². The van der Waals surface area contributed by atoms with Gasteiger partial charge < -0.3 is 19.9 Å². The molecular weight excluding hydrogens is 300 g/mol. The average molecular weight is 322 g/mol. The summed E-state index contributed by atoms with van der Waals surface area (Å²) in [6.07, 6.45) is 0.819. The number of likely N-dealkylation sites (N-methyl/N-ethyl adjacent to an activating group) is 1. The van der Waals surface area contributed by atoms with Gasteiger partial charge in [0.2, 0.25) is 5.91 Å². The normalized spacial score (nSPS) is 14.9. The van der Waals surface area contributed by atoms with Crippen LogP contribution in [0.25, 0.3) is 0 Å². The van der Waals surface area contributed by atoms with Crippen molar-refractivity contribution in [3.8, 4) is 11.5 Å². The number of fused-ring (bicyclic) bond motifs is 1. The lowest BCUT2D eigenvalue weighted by Crippen LogP contribution is -2.40. The highest BCUT2D eigenvalue weighted by Gasteiger charge is 2.19. The molecule has 7 nitrogen and oxygen atoms in total. The number of anilines is 1. The van der Waals surface area contributed by atoms with E-state index in [9.17, 15) is 9.59 Å². The lowest BCUT2D eigenvalue weighted by atomic mass is 10.2. The Morgan fingerprint density at radius 3 is 2.70 bits per heavy atom. The Hall–Kier alpha value is -2.28. The van der Waals surface area contributed by atoms with Gasteiger partial charge in [0.15, 0.2) is 11.5 Å². The molecule has 0 spiro atoms. The van der Waals surface area contributed by atoms with E-state index in [2.05, 4.69) is 5.32 Å². The molecule has 7 heteroatoms. The van der Waals surface area contributed by atoms with Crippen molar-refractivity contribution in [2.24, 2.45) is 0 Å². The number of aliphatic carboxylic acids is 1. The molecule has 1 aliphatic rings. The van der Waals surface area contributed by atoms with Crippen LogP contribution in [0.2, 0.25) is 0 Å². The van der Waals surface area contributed by atoms with Crippen LogP contribution in [0.15, 0.2) is 18.2 Å². The van der Waals surface area contributed by atoms with Gasteiger partial charge in [0.25, 0.3) is 0 Å². The largest absolute Gasteiger partial charge is 0.490 e. The minimum absolute atomic E-state index is 0.00184. The van der Waals surface area contributed by atoms with E-state index in [1.165, 1.54) is 0 Å². The zero-order valence-corrected chi connectivity index (χ0v) is 13.4. The molecule has 1 aromatic carbocycles. The van der Waals surface area contributed by atoms with E-state index in [-0.39, 0.29) is 12.3 Å². The minimum atomic E-state index is -0.882. The fourth-order valence-electron chi connectivity index (χ4n) is 2.15. The predicted molar refractivity (Wildman–Crippen MR) is 85.0 cm³/mol. The third kappa shape index (κ3) is 4.85. The smallest absolute Gasteiger partial charge is 0.304 e. The van der Waals surface area contributed by atoms with Gasteiger partial charge in [-0.15, -0.1) is 0 Å². The molecule has 0 fully saturated rings. The monoisotopic (exact) mass is 322 g/mol. The lowest BCUT2D eigenvalue weighted by molar-refractivity contribution is -0.137. The van der Waals surface area contributed by atoms with Crippen LogP contribution in [0.4, 0.5) is 5.69 Å². The Labute approximate surface area is 135 Å².